The van der Waals surface area contributed by atoms with Crippen molar-refractivity contribution in [3.63, 3.8) is 0 Å². The molecule has 4 heterocycles. The van der Waals surface area contributed by atoms with Crippen LogP contribution in [-0.2, 0) is 10.2 Å². The summed E-state index contributed by atoms with van der Waals surface area (Å²) in [6.45, 7) is 6.05. The Morgan fingerprint density at radius 2 is 1.88 bits per heavy atom. The van der Waals surface area contributed by atoms with Crippen LogP contribution in [0.15, 0.2) is 42.6 Å². The predicted octanol–water partition coefficient (Wildman–Crippen LogP) is 3.95. The largest absolute Gasteiger partial charge is 0.328 e. The molecule has 0 aliphatic carbocycles. The molecule has 2 aromatic rings. The molecule has 5 rings (SSSR count). The molecule has 2 N–H and O–H groups in total. The minimum atomic E-state index is -0.192. The zero-order valence-electron chi connectivity index (χ0n) is 19.5. The molecule has 3 aliphatic rings. The fourth-order valence-corrected chi connectivity index (χ4v) is 5.99. The standard InChI is InChI=1S/C26H33Cl2N5O/c27-22-5-4-19(15-23(22)28)26(9-6-25(34)33(18-26)24-3-1-2-11-30-24)10-14-31-16-21(17-31)32-12-7-20(29)8-13-32/h1-5,11,15,20-21H,6-10,12-14,16-18,29H2/t26-/m1/s1. The first-order chi connectivity index (χ1) is 16.4. The van der Waals surface area contributed by atoms with E-state index in [1.54, 1.807) is 6.20 Å². The lowest BCUT2D eigenvalue weighted by Gasteiger charge is -2.49. The second-order valence-corrected chi connectivity index (χ2v) is 10.9. The number of hydrogen-bond acceptors (Lipinski definition) is 5. The number of aromatic nitrogens is 1. The Kier molecular flexibility index (Phi) is 7.14. The van der Waals surface area contributed by atoms with E-state index in [0.29, 0.717) is 40.9 Å². The van der Waals surface area contributed by atoms with Crippen molar-refractivity contribution in [2.45, 2.75) is 49.6 Å². The van der Waals surface area contributed by atoms with Crippen LogP contribution in [0.4, 0.5) is 5.82 Å². The number of nitrogens with zero attached hydrogens (tertiary/aromatic N) is 4. The normalized spacial score (nSPS) is 25.5. The Bertz CT molecular complexity index is 1010. The van der Waals surface area contributed by atoms with Crippen molar-refractivity contribution in [3.05, 3.63) is 58.2 Å². The van der Waals surface area contributed by atoms with Gasteiger partial charge < -0.3 is 10.6 Å². The highest BCUT2D eigenvalue weighted by atomic mass is 35.5. The minimum Gasteiger partial charge on any atom is -0.328 e. The number of hydrogen-bond donors (Lipinski definition) is 1. The van der Waals surface area contributed by atoms with Crippen LogP contribution < -0.4 is 10.6 Å². The zero-order chi connectivity index (χ0) is 23.7. The summed E-state index contributed by atoms with van der Waals surface area (Å²) < 4.78 is 0. The van der Waals surface area contributed by atoms with E-state index >= 15 is 0 Å². The summed E-state index contributed by atoms with van der Waals surface area (Å²) in [6.07, 6.45) is 6.20. The Labute approximate surface area is 212 Å². The lowest BCUT2D eigenvalue weighted by molar-refractivity contribution is -0.120. The molecule has 3 saturated heterocycles. The van der Waals surface area contributed by atoms with E-state index in [4.69, 9.17) is 28.9 Å². The maximum atomic E-state index is 12.9. The molecule has 0 saturated carbocycles. The first-order valence-corrected chi connectivity index (χ1v) is 13.1. The van der Waals surface area contributed by atoms with Gasteiger partial charge in [-0.3, -0.25) is 14.6 Å². The number of rotatable bonds is 6. The average Bonchev–Trinajstić information content (AvgIpc) is 2.82. The molecular weight excluding hydrogens is 469 g/mol. The molecule has 0 radical (unpaired) electrons. The highest BCUT2D eigenvalue weighted by molar-refractivity contribution is 6.42. The average molecular weight is 502 g/mol. The van der Waals surface area contributed by atoms with Crippen molar-refractivity contribution < 1.29 is 4.79 Å². The van der Waals surface area contributed by atoms with Gasteiger partial charge in [-0.15, -0.1) is 0 Å². The molecular formula is C26H33Cl2N5O. The minimum absolute atomic E-state index is 0.127. The molecule has 0 bridgehead atoms. The van der Waals surface area contributed by atoms with Crippen molar-refractivity contribution in [1.82, 2.24) is 14.8 Å². The van der Waals surface area contributed by atoms with E-state index in [1.165, 1.54) is 0 Å². The summed E-state index contributed by atoms with van der Waals surface area (Å²) >= 11 is 12.7. The molecule has 182 valence electrons. The lowest BCUT2D eigenvalue weighted by Crippen LogP contribution is -2.62. The van der Waals surface area contributed by atoms with Gasteiger partial charge in [0.2, 0.25) is 5.91 Å². The molecule has 0 unspecified atom stereocenters. The number of likely N-dealkylation sites (tertiary alicyclic amines) is 2. The van der Waals surface area contributed by atoms with Crippen molar-refractivity contribution in [2.75, 3.05) is 44.2 Å². The van der Waals surface area contributed by atoms with E-state index in [9.17, 15) is 4.79 Å². The topological polar surface area (TPSA) is 65.7 Å². The van der Waals surface area contributed by atoms with Gasteiger partial charge in [-0.05, 0) is 62.1 Å². The van der Waals surface area contributed by atoms with Gasteiger partial charge in [0.15, 0.2) is 0 Å². The van der Waals surface area contributed by atoms with E-state index < -0.39 is 0 Å². The van der Waals surface area contributed by atoms with Gasteiger partial charge in [0, 0.05) is 62.8 Å². The zero-order valence-corrected chi connectivity index (χ0v) is 21.0. The van der Waals surface area contributed by atoms with Crippen LogP contribution in [0.25, 0.3) is 0 Å². The van der Waals surface area contributed by atoms with Crippen LogP contribution in [0.5, 0.6) is 0 Å². The van der Waals surface area contributed by atoms with E-state index in [-0.39, 0.29) is 11.3 Å². The molecule has 1 aromatic heterocycles. The van der Waals surface area contributed by atoms with Gasteiger partial charge in [-0.1, -0.05) is 35.3 Å². The number of carbonyl (C=O) groups is 1. The van der Waals surface area contributed by atoms with Crippen LogP contribution in [0.1, 0.15) is 37.7 Å². The van der Waals surface area contributed by atoms with Crippen LogP contribution >= 0.6 is 23.2 Å². The summed E-state index contributed by atoms with van der Waals surface area (Å²) in [5.41, 5.74) is 7.04. The molecule has 34 heavy (non-hydrogen) atoms. The van der Waals surface area contributed by atoms with Crippen LogP contribution in [0.2, 0.25) is 10.0 Å². The maximum absolute atomic E-state index is 12.9. The third-order valence-electron chi connectivity index (χ3n) is 7.97. The molecule has 3 aliphatic heterocycles. The number of halogens is 2. The number of amides is 1. The van der Waals surface area contributed by atoms with Crippen molar-refractivity contribution in [1.29, 1.82) is 0 Å². The van der Waals surface area contributed by atoms with E-state index in [2.05, 4.69) is 20.9 Å². The van der Waals surface area contributed by atoms with Crippen LogP contribution in [0, 0.1) is 0 Å². The lowest BCUT2D eigenvalue weighted by atomic mass is 9.71. The Hall–Kier alpha value is -1.70. The molecule has 6 nitrogen and oxygen atoms in total. The summed E-state index contributed by atoms with van der Waals surface area (Å²) in [5, 5.41) is 1.12. The summed E-state index contributed by atoms with van der Waals surface area (Å²) in [5.74, 6) is 0.839. The predicted molar refractivity (Wildman–Crippen MR) is 138 cm³/mol. The monoisotopic (exact) mass is 501 g/mol. The molecule has 8 heteroatoms. The number of nitrogens with two attached hydrogens (primary N) is 1. The Morgan fingerprint density at radius 1 is 1.09 bits per heavy atom. The first-order valence-electron chi connectivity index (χ1n) is 12.3. The Balaban J connectivity index is 1.31. The van der Waals surface area contributed by atoms with Crippen LogP contribution in [-0.4, -0.2) is 72.0 Å². The number of pyridine rings is 1. The van der Waals surface area contributed by atoms with Gasteiger partial charge >= 0.3 is 0 Å². The van der Waals surface area contributed by atoms with Crippen LogP contribution in [0.3, 0.4) is 0 Å². The van der Waals surface area contributed by atoms with Gasteiger partial charge in [-0.25, -0.2) is 4.98 Å². The van der Waals surface area contributed by atoms with Gasteiger partial charge in [0.25, 0.3) is 0 Å². The van der Waals surface area contributed by atoms with E-state index in [1.807, 2.05) is 35.2 Å². The first kappa shape index (κ1) is 24.0. The Morgan fingerprint density at radius 3 is 2.59 bits per heavy atom. The molecule has 1 aromatic carbocycles. The number of anilines is 1. The maximum Gasteiger partial charge on any atom is 0.228 e. The molecule has 1 atom stereocenters. The number of piperidine rings is 2. The van der Waals surface area contributed by atoms with Gasteiger partial charge in [-0.2, -0.15) is 0 Å². The van der Waals surface area contributed by atoms with Crippen molar-refractivity contribution in [2.24, 2.45) is 5.73 Å². The fourth-order valence-electron chi connectivity index (χ4n) is 5.70. The van der Waals surface area contributed by atoms with Gasteiger partial charge in [0.05, 0.1) is 10.0 Å². The van der Waals surface area contributed by atoms with E-state index in [0.717, 1.165) is 64.0 Å². The second-order valence-electron chi connectivity index (χ2n) is 10.1. The smallest absolute Gasteiger partial charge is 0.228 e. The summed E-state index contributed by atoms with van der Waals surface area (Å²) in [4.78, 5) is 24.4. The number of benzene rings is 1. The quantitative estimate of drug-likeness (QED) is 0.648. The highest BCUT2D eigenvalue weighted by Gasteiger charge is 2.42. The third kappa shape index (κ3) is 4.98. The SMILES string of the molecule is NC1CCN(C2CN(CC[C@]3(c4ccc(Cl)c(Cl)c4)CCC(=O)N(c4ccccn4)C3)C2)CC1. The molecule has 3 fully saturated rings. The summed E-state index contributed by atoms with van der Waals surface area (Å²) in [7, 11) is 0. The second kappa shape index (κ2) is 10.1. The van der Waals surface area contributed by atoms with Crippen molar-refractivity contribution in [3.8, 4) is 0 Å². The highest BCUT2D eigenvalue weighted by Crippen LogP contribution is 2.41. The summed E-state index contributed by atoms with van der Waals surface area (Å²) in [6, 6.07) is 12.7. The number of carbonyl (C=O) groups excluding carboxylic acids is 1. The fraction of sp³-hybridized carbons (Fsp3) is 0.538. The molecule has 0 spiro atoms. The molecule has 1 amide bonds. The third-order valence-corrected chi connectivity index (χ3v) is 8.71. The van der Waals surface area contributed by atoms with Crippen molar-refractivity contribution >= 4 is 34.9 Å². The van der Waals surface area contributed by atoms with Gasteiger partial charge in [0.1, 0.15) is 5.82 Å².